The lowest BCUT2D eigenvalue weighted by Crippen LogP contribution is -2.27. The number of benzene rings is 1. The summed E-state index contributed by atoms with van der Waals surface area (Å²) < 4.78 is 1.06. The number of nitrogens with zero attached hydrogens (tertiary/aromatic N) is 1. The number of carbonyl (C=O) groups is 1. The number of rotatable bonds is 3. The van der Waals surface area contributed by atoms with Gasteiger partial charge in [0.25, 0.3) is 5.91 Å². The van der Waals surface area contributed by atoms with Gasteiger partial charge in [0.05, 0.1) is 5.69 Å². The van der Waals surface area contributed by atoms with Gasteiger partial charge in [0.2, 0.25) is 0 Å². The van der Waals surface area contributed by atoms with Crippen LogP contribution in [0.3, 0.4) is 0 Å². The molecule has 0 saturated carbocycles. The Labute approximate surface area is 117 Å². The first-order valence-electron chi connectivity index (χ1n) is 6.08. The first-order valence-corrected chi connectivity index (χ1v) is 6.90. The third-order valence-electron chi connectivity index (χ3n) is 2.93. The summed E-state index contributed by atoms with van der Waals surface area (Å²) in [4.78, 5) is 14.6. The molecule has 0 aliphatic carbocycles. The van der Waals surface area contributed by atoms with Crippen LogP contribution in [-0.4, -0.2) is 24.4 Å². The molecular weight excluding hydrogens is 256 g/mol. The lowest BCUT2D eigenvalue weighted by Gasteiger charge is -2.16. The van der Waals surface area contributed by atoms with Gasteiger partial charge in [-0.25, -0.2) is 0 Å². The predicted molar refractivity (Wildman–Crippen MR) is 82.7 cm³/mol. The molecule has 1 heterocycles. The highest BCUT2D eigenvalue weighted by Crippen LogP contribution is 2.34. The van der Waals surface area contributed by atoms with Gasteiger partial charge in [0.15, 0.2) is 0 Å². The van der Waals surface area contributed by atoms with Crippen molar-refractivity contribution in [2.75, 3.05) is 19.3 Å². The molecule has 0 saturated heterocycles. The van der Waals surface area contributed by atoms with E-state index in [-0.39, 0.29) is 5.91 Å². The van der Waals surface area contributed by atoms with Crippen LogP contribution in [0.2, 0.25) is 0 Å². The summed E-state index contributed by atoms with van der Waals surface area (Å²) in [5.74, 6) is -0.0423. The fraction of sp³-hybridized carbons (Fsp3) is 0.267. The summed E-state index contributed by atoms with van der Waals surface area (Å²) in [5.41, 5.74) is 8.80. The fourth-order valence-corrected chi connectivity index (χ4v) is 3.25. The monoisotopic (exact) mass is 274 g/mol. The Hall–Kier alpha value is -1.81. The number of carbonyl (C=O) groups excluding carboxylic acids is 1. The highest BCUT2D eigenvalue weighted by atomic mass is 32.1. The van der Waals surface area contributed by atoms with Crippen LogP contribution in [0.5, 0.6) is 0 Å². The Morgan fingerprint density at radius 2 is 2.16 bits per heavy atom. The summed E-state index contributed by atoms with van der Waals surface area (Å²) in [5, 5.41) is 0.961. The Morgan fingerprint density at radius 3 is 2.79 bits per heavy atom. The maximum atomic E-state index is 12.4. The molecule has 0 aliphatic heterocycles. The molecule has 1 aromatic heterocycles. The largest absolute Gasteiger partial charge is 0.397 e. The lowest BCUT2D eigenvalue weighted by molar-refractivity contribution is 0.0812. The van der Waals surface area contributed by atoms with E-state index in [1.54, 1.807) is 11.9 Å². The van der Waals surface area contributed by atoms with Crippen LogP contribution >= 0.6 is 11.3 Å². The highest BCUT2D eigenvalue weighted by Gasteiger charge is 2.19. The second-order valence-electron chi connectivity index (χ2n) is 4.96. The Kier molecular flexibility index (Phi) is 3.62. The second-order valence-corrected chi connectivity index (χ2v) is 6.01. The minimum atomic E-state index is -0.0423. The SMILES string of the molecule is C=C(C)CN(C)C(=O)c1sc2cc(C)ccc2c1N. The van der Waals surface area contributed by atoms with E-state index in [0.717, 1.165) is 15.7 Å². The molecule has 2 rings (SSSR count). The molecule has 0 bridgehead atoms. The molecular formula is C15H18N2OS. The van der Waals surface area contributed by atoms with E-state index in [1.165, 1.54) is 16.9 Å². The van der Waals surface area contributed by atoms with Gasteiger partial charge in [-0.2, -0.15) is 0 Å². The third kappa shape index (κ3) is 2.63. The number of nitrogens with two attached hydrogens (primary N) is 1. The topological polar surface area (TPSA) is 46.3 Å². The standard InChI is InChI=1S/C15H18N2OS/c1-9(2)8-17(4)15(18)14-13(16)11-6-5-10(3)7-12(11)19-14/h5-7H,1,8,16H2,2-4H3. The Morgan fingerprint density at radius 1 is 1.47 bits per heavy atom. The van der Waals surface area contributed by atoms with E-state index in [1.807, 2.05) is 26.0 Å². The molecule has 0 unspecified atom stereocenters. The number of hydrogen-bond donors (Lipinski definition) is 1. The second kappa shape index (κ2) is 5.05. The van der Waals surface area contributed by atoms with E-state index in [2.05, 4.69) is 12.6 Å². The van der Waals surface area contributed by atoms with E-state index in [4.69, 9.17) is 5.73 Å². The minimum absolute atomic E-state index is 0.0423. The van der Waals surface area contributed by atoms with Gasteiger partial charge in [-0.15, -0.1) is 11.3 Å². The number of fused-ring (bicyclic) bond motifs is 1. The van der Waals surface area contributed by atoms with E-state index >= 15 is 0 Å². The van der Waals surface area contributed by atoms with Crippen molar-refractivity contribution >= 4 is 33.0 Å². The summed E-state index contributed by atoms with van der Waals surface area (Å²) in [6.45, 7) is 8.31. The quantitative estimate of drug-likeness (QED) is 0.871. The third-order valence-corrected chi connectivity index (χ3v) is 4.09. The molecule has 19 heavy (non-hydrogen) atoms. The van der Waals surface area contributed by atoms with Gasteiger partial charge in [-0.1, -0.05) is 24.3 Å². The fourth-order valence-electron chi connectivity index (χ4n) is 2.03. The van der Waals surface area contributed by atoms with E-state index in [9.17, 15) is 4.79 Å². The summed E-state index contributed by atoms with van der Waals surface area (Å²) >= 11 is 1.46. The van der Waals surface area contributed by atoms with Crippen molar-refractivity contribution in [3.05, 3.63) is 40.8 Å². The van der Waals surface area contributed by atoms with Gasteiger partial charge < -0.3 is 10.6 Å². The minimum Gasteiger partial charge on any atom is -0.397 e. The van der Waals surface area contributed by atoms with Crippen LogP contribution < -0.4 is 5.73 Å². The zero-order valence-electron chi connectivity index (χ0n) is 11.5. The van der Waals surface area contributed by atoms with Crippen molar-refractivity contribution in [2.24, 2.45) is 0 Å². The van der Waals surface area contributed by atoms with Gasteiger partial charge in [0, 0.05) is 23.7 Å². The number of amides is 1. The van der Waals surface area contributed by atoms with Crippen LogP contribution in [0.15, 0.2) is 30.4 Å². The van der Waals surface area contributed by atoms with E-state index < -0.39 is 0 Å². The Balaban J connectivity index is 2.42. The summed E-state index contributed by atoms with van der Waals surface area (Å²) in [6, 6.07) is 6.05. The molecule has 0 fully saturated rings. The van der Waals surface area contributed by atoms with Gasteiger partial charge in [-0.05, 0) is 25.5 Å². The number of thiophene rings is 1. The zero-order valence-corrected chi connectivity index (χ0v) is 12.3. The molecule has 0 radical (unpaired) electrons. The Bertz CT molecular complexity index is 657. The number of anilines is 1. The zero-order chi connectivity index (χ0) is 14.2. The predicted octanol–water partition coefficient (Wildman–Crippen LogP) is 3.44. The van der Waals surface area contributed by atoms with Gasteiger partial charge >= 0.3 is 0 Å². The molecule has 3 nitrogen and oxygen atoms in total. The summed E-state index contributed by atoms with van der Waals surface area (Å²) in [7, 11) is 1.77. The average molecular weight is 274 g/mol. The van der Waals surface area contributed by atoms with Crippen molar-refractivity contribution < 1.29 is 4.79 Å². The number of hydrogen-bond acceptors (Lipinski definition) is 3. The molecule has 0 aliphatic rings. The first-order chi connectivity index (χ1) is 8.90. The van der Waals surface area contributed by atoms with Crippen LogP contribution in [0.1, 0.15) is 22.2 Å². The molecule has 100 valence electrons. The normalized spacial score (nSPS) is 10.7. The molecule has 1 amide bonds. The maximum absolute atomic E-state index is 12.4. The van der Waals surface area contributed by atoms with Gasteiger partial charge in [-0.3, -0.25) is 4.79 Å². The van der Waals surface area contributed by atoms with Crippen molar-refractivity contribution in [2.45, 2.75) is 13.8 Å². The van der Waals surface area contributed by atoms with Crippen LogP contribution in [0.4, 0.5) is 5.69 Å². The number of likely N-dealkylation sites (N-methyl/N-ethyl adjacent to an activating group) is 1. The van der Waals surface area contributed by atoms with Crippen molar-refractivity contribution in [1.29, 1.82) is 0 Å². The molecule has 1 aromatic carbocycles. The first kappa shape index (κ1) is 13.6. The summed E-state index contributed by atoms with van der Waals surface area (Å²) in [6.07, 6.45) is 0. The highest BCUT2D eigenvalue weighted by molar-refractivity contribution is 7.21. The van der Waals surface area contributed by atoms with Crippen LogP contribution in [-0.2, 0) is 0 Å². The average Bonchev–Trinajstić information content (AvgIpc) is 2.64. The van der Waals surface area contributed by atoms with Crippen LogP contribution in [0.25, 0.3) is 10.1 Å². The molecule has 2 N–H and O–H groups in total. The van der Waals surface area contributed by atoms with Crippen molar-refractivity contribution in [1.82, 2.24) is 4.90 Å². The van der Waals surface area contributed by atoms with Gasteiger partial charge in [0.1, 0.15) is 4.88 Å². The smallest absolute Gasteiger partial charge is 0.266 e. The van der Waals surface area contributed by atoms with Crippen LogP contribution in [0, 0.1) is 6.92 Å². The number of nitrogen functional groups attached to an aromatic ring is 1. The molecule has 0 spiro atoms. The van der Waals surface area contributed by atoms with E-state index in [0.29, 0.717) is 17.1 Å². The molecule has 0 atom stereocenters. The van der Waals surface area contributed by atoms with Crippen molar-refractivity contribution in [3.8, 4) is 0 Å². The lowest BCUT2D eigenvalue weighted by atomic mass is 10.1. The maximum Gasteiger partial charge on any atom is 0.266 e. The van der Waals surface area contributed by atoms with Crippen molar-refractivity contribution in [3.63, 3.8) is 0 Å². The molecule has 4 heteroatoms. The number of aryl methyl sites for hydroxylation is 1. The molecule has 2 aromatic rings.